The largest absolute Gasteiger partial charge is 0.329 e. The van der Waals surface area contributed by atoms with E-state index in [9.17, 15) is 0 Å². The van der Waals surface area contributed by atoms with Crippen LogP contribution in [0.3, 0.4) is 0 Å². The third-order valence-corrected chi connectivity index (χ3v) is 4.22. The molecule has 2 aliphatic carbocycles. The summed E-state index contributed by atoms with van der Waals surface area (Å²) in [6, 6.07) is 0.885. The van der Waals surface area contributed by atoms with Gasteiger partial charge in [0.1, 0.15) is 0 Å². The molecule has 2 rings (SSSR count). The smallest absolute Gasteiger partial charge is 0.0108 e. The Morgan fingerprint density at radius 3 is 2.20 bits per heavy atom. The molecule has 0 aromatic carbocycles. The first-order chi connectivity index (χ1) is 7.40. The Balaban J connectivity index is 1.76. The molecule has 2 aliphatic rings. The van der Waals surface area contributed by atoms with Crippen molar-refractivity contribution in [3.63, 3.8) is 0 Å². The fourth-order valence-corrected chi connectivity index (χ4v) is 3.04. The highest BCUT2D eigenvalue weighted by atomic mass is 15.2. The normalized spacial score (nSPS) is 24.4. The summed E-state index contributed by atoms with van der Waals surface area (Å²) in [5.74, 6) is 0.978. The SMILES string of the molecule is NCCN(CC1CCCCC1)C1CCC1. The van der Waals surface area contributed by atoms with Crippen LogP contribution in [0.25, 0.3) is 0 Å². The Labute approximate surface area is 94.2 Å². The highest BCUT2D eigenvalue weighted by Gasteiger charge is 2.26. The van der Waals surface area contributed by atoms with Gasteiger partial charge in [-0.2, -0.15) is 0 Å². The number of nitrogens with two attached hydrogens (primary N) is 1. The number of hydrogen-bond donors (Lipinski definition) is 1. The molecule has 88 valence electrons. The summed E-state index contributed by atoms with van der Waals surface area (Å²) in [4.78, 5) is 2.68. The van der Waals surface area contributed by atoms with Crippen LogP contribution in [0.2, 0.25) is 0 Å². The van der Waals surface area contributed by atoms with E-state index >= 15 is 0 Å². The maximum absolute atomic E-state index is 5.71. The fraction of sp³-hybridized carbons (Fsp3) is 1.00. The lowest BCUT2D eigenvalue weighted by molar-refractivity contribution is 0.101. The molecule has 0 atom stereocenters. The predicted molar refractivity (Wildman–Crippen MR) is 64.8 cm³/mol. The minimum Gasteiger partial charge on any atom is -0.329 e. The third-order valence-electron chi connectivity index (χ3n) is 4.22. The van der Waals surface area contributed by atoms with Gasteiger partial charge in [0.2, 0.25) is 0 Å². The van der Waals surface area contributed by atoms with Gasteiger partial charge in [-0.25, -0.2) is 0 Å². The van der Waals surface area contributed by atoms with Gasteiger partial charge in [0.25, 0.3) is 0 Å². The van der Waals surface area contributed by atoms with Crippen LogP contribution in [0.5, 0.6) is 0 Å². The molecule has 2 fully saturated rings. The average Bonchev–Trinajstić information content (AvgIpc) is 2.17. The van der Waals surface area contributed by atoms with E-state index in [-0.39, 0.29) is 0 Å². The van der Waals surface area contributed by atoms with Gasteiger partial charge in [-0.05, 0) is 31.6 Å². The van der Waals surface area contributed by atoms with Gasteiger partial charge >= 0.3 is 0 Å². The van der Waals surface area contributed by atoms with Crippen molar-refractivity contribution in [1.82, 2.24) is 4.90 Å². The lowest BCUT2D eigenvalue weighted by Crippen LogP contribution is -2.45. The molecule has 0 spiro atoms. The van der Waals surface area contributed by atoms with Gasteiger partial charge in [0.15, 0.2) is 0 Å². The van der Waals surface area contributed by atoms with Crippen LogP contribution >= 0.6 is 0 Å². The molecule has 2 saturated carbocycles. The van der Waals surface area contributed by atoms with Crippen LogP contribution in [0, 0.1) is 5.92 Å². The van der Waals surface area contributed by atoms with Crippen molar-refractivity contribution >= 4 is 0 Å². The predicted octanol–water partition coefficient (Wildman–Crippen LogP) is 2.38. The molecular weight excluding hydrogens is 184 g/mol. The van der Waals surface area contributed by atoms with E-state index in [1.165, 1.54) is 57.9 Å². The molecule has 0 aliphatic heterocycles. The highest BCUT2D eigenvalue weighted by Crippen LogP contribution is 2.29. The number of rotatable bonds is 5. The van der Waals surface area contributed by atoms with Crippen LogP contribution in [-0.4, -0.2) is 30.6 Å². The first-order valence-corrected chi connectivity index (χ1v) is 6.84. The standard InChI is InChI=1S/C13H26N2/c14-9-10-15(13-7-4-8-13)11-12-5-2-1-3-6-12/h12-13H,1-11,14H2. The van der Waals surface area contributed by atoms with Crippen molar-refractivity contribution in [2.45, 2.75) is 57.4 Å². The first kappa shape index (κ1) is 11.4. The minimum atomic E-state index is 0.837. The molecule has 0 radical (unpaired) electrons. The van der Waals surface area contributed by atoms with E-state index < -0.39 is 0 Å². The molecule has 0 aromatic rings. The van der Waals surface area contributed by atoms with Crippen LogP contribution in [0.4, 0.5) is 0 Å². The Bertz CT molecular complexity index is 171. The zero-order valence-electron chi connectivity index (χ0n) is 9.96. The fourth-order valence-electron chi connectivity index (χ4n) is 3.04. The quantitative estimate of drug-likeness (QED) is 0.755. The van der Waals surface area contributed by atoms with Gasteiger partial charge in [0, 0.05) is 25.7 Å². The summed E-state index contributed by atoms with van der Waals surface area (Å²) >= 11 is 0. The van der Waals surface area contributed by atoms with E-state index in [4.69, 9.17) is 5.73 Å². The summed E-state index contributed by atoms with van der Waals surface area (Å²) in [7, 11) is 0. The second-order valence-corrected chi connectivity index (χ2v) is 5.37. The van der Waals surface area contributed by atoms with Crippen molar-refractivity contribution < 1.29 is 0 Å². The number of hydrogen-bond acceptors (Lipinski definition) is 2. The first-order valence-electron chi connectivity index (χ1n) is 6.84. The lowest BCUT2D eigenvalue weighted by atomic mass is 9.86. The van der Waals surface area contributed by atoms with Gasteiger partial charge in [-0.15, -0.1) is 0 Å². The molecule has 0 amide bonds. The zero-order valence-corrected chi connectivity index (χ0v) is 9.96. The van der Waals surface area contributed by atoms with Crippen LogP contribution < -0.4 is 5.73 Å². The van der Waals surface area contributed by atoms with E-state index in [1.54, 1.807) is 0 Å². The molecule has 0 unspecified atom stereocenters. The van der Waals surface area contributed by atoms with Gasteiger partial charge < -0.3 is 5.73 Å². The molecule has 2 heteroatoms. The molecule has 0 bridgehead atoms. The van der Waals surface area contributed by atoms with Gasteiger partial charge in [0.05, 0.1) is 0 Å². The lowest BCUT2D eigenvalue weighted by Gasteiger charge is -2.40. The van der Waals surface area contributed by atoms with Crippen LogP contribution in [0.1, 0.15) is 51.4 Å². The molecule has 0 saturated heterocycles. The Morgan fingerprint density at radius 2 is 1.67 bits per heavy atom. The van der Waals surface area contributed by atoms with Gasteiger partial charge in [-0.1, -0.05) is 25.7 Å². The van der Waals surface area contributed by atoms with Crippen molar-refractivity contribution in [3.05, 3.63) is 0 Å². The van der Waals surface area contributed by atoms with Crippen molar-refractivity contribution in [3.8, 4) is 0 Å². The zero-order chi connectivity index (χ0) is 10.5. The van der Waals surface area contributed by atoms with Crippen molar-refractivity contribution in [2.24, 2.45) is 11.7 Å². The Morgan fingerprint density at radius 1 is 0.933 bits per heavy atom. The van der Waals surface area contributed by atoms with Crippen molar-refractivity contribution in [2.75, 3.05) is 19.6 Å². The summed E-state index contributed by atoms with van der Waals surface area (Å²) < 4.78 is 0. The summed E-state index contributed by atoms with van der Waals surface area (Å²) in [6.45, 7) is 3.30. The monoisotopic (exact) mass is 210 g/mol. The number of nitrogens with zero attached hydrogens (tertiary/aromatic N) is 1. The van der Waals surface area contributed by atoms with E-state index in [2.05, 4.69) is 4.90 Å². The summed E-state index contributed by atoms with van der Waals surface area (Å²) in [5.41, 5.74) is 5.71. The molecule has 0 heterocycles. The second kappa shape index (κ2) is 5.86. The average molecular weight is 210 g/mol. The second-order valence-electron chi connectivity index (χ2n) is 5.37. The maximum Gasteiger partial charge on any atom is 0.0108 e. The molecule has 2 N–H and O–H groups in total. The van der Waals surface area contributed by atoms with Gasteiger partial charge in [-0.3, -0.25) is 4.90 Å². The summed E-state index contributed by atoms with van der Waals surface area (Å²) in [6.07, 6.45) is 11.6. The maximum atomic E-state index is 5.71. The topological polar surface area (TPSA) is 29.3 Å². The minimum absolute atomic E-state index is 0.837. The molecule has 15 heavy (non-hydrogen) atoms. The van der Waals surface area contributed by atoms with E-state index in [1.807, 2.05) is 0 Å². The van der Waals surface area contributed by atoms with E-state index in [0.717, 1.165) is 25.0 Å². The van der Waals surface area contributed by atoms with Crippen LogP contribution in [0.15, 0.2) is 0 Å². The highest BCUT2D eigenvalue weighted by molar-refractivity contribution is 4.82. The third kappa shape index (κ3) is 3.18. The van der Waals surface area contributed by atoms with Crippen molar-refractivity contribution in [1.29, 1.82) is 0 Å². The molecule has 0 aromatic heterocycles. The van der Waals surface area contributed by atoms with E-state index in [0.29, 0.717) is 0 Å². The summed E-state index contributed by atoms with van der Waals surface area (Å²) in [5, 5.41) is 0. The Hall–Kier alpha value is -0.0800. The Kier molecular flexibility index (Phi) is 4.45. The van der Waals surface area contributed by atoms with Crippen LogP contribution in [-0.2, 0) is 0 Å². The molecular formula is C13H26N2. The molecule has 2 nitrogen and oxygen atoms in total.